The number of fused-ring (bicyclic) bond motifs is 7. The van der Waals surface area contributed by atoms with Crippen molar-refractivity contribution in [2.45, 2.75) is 70.6 Å². The van der Waals surface area contributed by atoms with Crippen LogP contribution in [-0.2, 0) is 16.2 Å². The van der Waals surface area contributed by atoms with E-state index in [0.29, 0.717) is 0 Å². The SMILES string of the molecule is CC1(C)CCC(C)(C)c2cc(-c3c4c(cc5ccccc35)N3c5cc6ccccc6cc5C(C)(C)c5cccc(c53)B4)c(Nc3ccc(-c4ccccc4)cc3)cc21. The largest absolute Gasteiger partial charge is 0.355 e. The van der Waals surface area contributed by atoms with Crippen LogP contribution < -0.4 is 21.1 Å². The van der Waals surface area contributed by atoms with E-state index in [1.54, 1.807) is 0 Å². The molecule has 2 nitrogen and oxygen atoms in total. The highest BCUT2D eigenvalue weighted by Gasteiger charge is 2.43. The van der Waals surface area contributed by atoms with E-state index >= 15 is 0 Å². The van der Waals surface area contributed by atoms with E-state index in [-0.39, 0.29) is 16.2 Å². The molecule has 0 amide bonds. The number of hydrogen-bond donors (Lipinski definition) is 1. The molecule has 1 N–H and O–H groups in total. The van der Waals surface area contributed by atoms with Crippen molar-refractivity contribution in [1.29, 1.82) is 0 Å². The number of benzene rings is 8. The van der Waals surface area contributed by atoms with E-state index in [2.05, 4.69) is 203 Å². The van der Waals surface area contributed by atoms with Crippen LogP contribution in [0.2, 0.25) is 0 Å². The van der Waals surface area contributed by atoms with Crippen LogP contribution in [0.1, 0.15) is 76.6 Å². The van der Waals surface area contributed by atoms with Crippen LogP contribution in [0.4, 0.5) is 28.4 Å². The van der Waals surface area contributed by atoms with Crippen molar-refractivity contribution in [3.63, 3.8) is 0 Å². The van der Waals surface area contributed by atoms with Gasteiger partial charge in [0.05, 0.1) is 5.69 Å². The quantitative estimate of drug-likeness (QED) is 0.180. The Bertz CT molecular complexity index is 2970. The minimum absolute atomic E-state index is 0.0556. The summed E-state index contributed by atoms with van der Waals surface area (Å²) in [5.41, 5.74) is 19.7. The second-order valence-electron chi connectivity index (χ2n) is 18.9. The lowest BCUT2D eigenvalue weighted by molar-refractivity contribution is 0.332. The van der Waals surface area contributed by atoms with Gasteiger partial charge in [0.25, 0.3) is 0 Å². The lowest BCUT2D eigenvalue weighted by atomic mass is 9.55. The topological polar surface area (TPSA) is 15.3 Å². The first-order chi connectivity index (χ1) is 28.0. The van der Waals surface area contributed by atoms with E-state index < -0.39 is 0 Å². The molecule has 11 rings (SSSR count). The summed E-state index contributed by atoms with van der Waals surface area (Å²) in [6.45, 7) is 14.6. The summed E-state index contributed by atoms with van der Waals surface area (Å²) in [4.78, 5) is 2.63. The number of rotatable bonds is 4. The van der Waals surface area contributed by atoms with Crippen LogP contribution in [-0.4, -0.2) is 7.28 Å². The molecule has 58 heavy (non-hydrogen) atoms. The summed E-state index contributed by atoms with van der Waals surface area (Å²) < 4.78 is 0. The highest BCUT2D eigenvalue weighted by molar-refractivity contribution is 6.74. The first-order valence-electron chi connectivity index (χ1n) is 21.1. The van der Waals surface area contributed by atoms with Crippen molar-refractivity contribution < 1.29 is 0 Å². The molecule has 0 spiro atoms. The molecule has 3 heteroatoms. The maximum absolute atomic E-state index is 4.03. The molecule has 0 saturated carbocycles. The van der Waals surface area contributed by atoms with Gasteiger partial charge in [0, 0.05) is 33.7 Å². The van der Waals surface area contributed by atoms with Crippen molar-refractivity contribution in [3.8, 4) is 22.3 Å². The van der Waals surface area contributed by atoms with Gasteiger partial charge in [-0.05, 0) is 132 Å². The number of para-hydroxylation sites is 1. The van der Waals surface area contributed by atoms with Gasteiger partial charge in [-0.2, -0.15) is 0 Å². The predicted octanol–water partition coefficient (Wildman–Crippen LogP) is 13.2. The third-order valence-corrected chi connectivity index (χ3v) is 14.1. The predicted molar refractivity (Wildman–Crippen MR) is 251 cm³/mol. The van der Waals surface area contributed by atoms with Gasteiger partial charge in [-0.3, -0.25) is 0 Å². The molecular weight excluding hydrogens is 699 g/mol. The Kier molecular flexibility index (Phi) is 7.55. The zero-order valence-electron chi connectivity index (χ0n) is 34.5. The molecule has 282 valence electrons. The first-order valence-corrected chi connectivity index (χ1v) is 21.1. The maximum atomic E-state index is 4.03. The summed E-state index contributed by atoms with van der Waals surface area (Å²) in [5, 5.41) is 9.16. The number of hydrogen-bond acceptors (Lipinski definition) is 2. The summed E-state index contributed by atoms with van der Waals surface area (Å²) >= 11 is 0. The average molecular weight is 749 g/mol. The molecule has 0 fully saturated rings. The van der Waals surface area contributed by atoms with E-state index in [0.717, 1.165) is 19.4 Å². The van der Waals surface area contributed by atoms with Crippen molar-refractivity contribution in [3.05, 3.63) is 174 Å². The molecule has 0 atom stereocenters. The Morgan fingerprint density at radius 2 is 1.14 bits per heavy atom. The van der Waals surface area contributed by atoms with Gasteiger partial charge in [0.15, 0.2) is 7.28 Å². The van der Waals surface area contributed by atoms with E-state index in [1.165, 1.54) is 106 Å². The van der Waals surface area contributed by atoms with Crippen LogP contribution in [0.25, 0.3) is 43.8 Å². The van der Waals surface area contributed by atoms with Crippen LogP contribution in [0, 0.1) is 0 Å². The number of nitrogens with zero attached hydrogens (tertiary/aromatic N) is 1. The summed E-state index contributed by atoms with van der Waals surface area (Å²) in [5.74, 6) is 0. The highest BCUT2D eigenvalue weighted by atomic mass is 15.2. The van der Waals surface area contributed by atoms with Crippen molar-refractivity contribution in [2.75, 3.05) is 10.2 Å². The molecule has 8 aromatic rings. The standard InChI is InChI=1S/C55H49BN2/c1-53(2)27-28-54(3,4)44-33-47(57-39-25-23-35(24-26-39)34-15-8-7-9-16-34)41(32-43(44)53)50-40-20-13-12-19-38(40)31-49-51(50)56-46-22-14-21-42-52(46)58(49)48-30-37-18-11-10-17-36(37)29-45(48)55(42,5)6/h7-26,29-33,56-57H,27-28H2,1-6H3. The Labute approximate surface area is 343 Å². The molecule has 0 saturated heterocycles. The van der Waals surface area contributed by atoms with Crippen molar-refractivity contribution >= 4 is 68.2 Å². The third kappa shape index (κ3) is 5.25. The van der Waals surface area contributed by atoms with E-state index in [9.17, 15) is 0 Å². The molecule has 0 bridgehead atoms. The van der Waals surface area contributed by atoms with Crippen LogP contribution in [0.5, 0.6) is 0 Å². The summed E-state index contributed by atoms with van der Waals surface area (Å²) in [6, 6.07) is 57.1. The second kappa shape index (κ2) is 12.5. The minimum atomic E-state index is -0.150. The smallest absolute Gasteiger partial charge is 0.198 e. The van der Waals surface area contributed by atoms with E-state index in [4.69, 9.17) is 0 Å². The Morgan fingerprint density at radius 3 is 1.88 bits per heavy atom. The van der Waals surface area contributed by atoms with Crippen molar-refractivity contribution in [2.24, 2.45) is 0 Å². The Hall–Kier alpha value is -6.06. The Balaban J connectivity index is 1.19. The lowest BCUT2D eigenvalue weighted by Crippen LogP contribution is -2.45. The van der Waals surface area contributed by atoms with Crippen LogP contribution in [0.3, 0.4) is 0 Å². The monoisotopic (exact) mass is 748 g/mol. The van der Waals surface area contributed by atoms with Crippen LogP contribution >= 0.6 is 0 Å². The fourth-order valence-electron chi connectivity index (χ4n) is 10.6. The van der Waals surface area contributed by atoms with E-state index in [1.807, 2.05) is 0 Å². The summed E-state index contributed by atoms with van der Waals surface area (Å²) in [7, 11) is 0.866. The lowest BCUT2D eigenvalue weighted by Gasteiger charge is -2.46. The fraction of sp³-hybridized carbons (Fsp3) is 0.200. The number of anilines is 5. The molecule has 8 aromatic carbocycles. The normalized spacial score (nSPS) is 16.5. The molecule has 1 aliphatic carbocycles. The molecule has 0 unspecified atom stereocenters. The molecule has 2 aliphatic heterocycles. The number of nitrogens with one attached hydrogen (secondary N) is 1. The third-order valence-electron chi connectivity index (χ3n) is 14.1. The van der Waals surface area contributed by atoms with Gasteiger partial charge < -0.3 is 10.2 Å². The molecule has 2 heterocycles. The fourth-order valence-corrected chi connectivity index (χ4v) is 10.6. The van der Waals surface area contributed by atoms with Gasteiger partial charge in [0.1, 0.15) is 0 Å². The average Bonchev–Trinajstić information content (AvgIpc) is 3.23. The zero-order chi connectivity index (χ0) is 39.6. The molecular formula is C55H49BN2. The van der Waals surface area contributed by atoms with Crippen molar-refractivity contribution in [1.82, 2.24) is 0 Å². The molecule has 3 aliphatic rings. The van der Waals surface area contributed by atoms with Gasteiger partial charge in [-0.15, -0.1) is 0 Å². The van der Waals surface area contributed by atoms with Gasteiger partial charge in [-0.25, -0.2) is 0 Å². The van der Waals surface area contributed by atoms with Gasteiger partial charge in [-0.1, -0.05) is 156 Å². The highest BCUT2D eigenvalue weighted by Crippen LogP contribution is 2.55. The van der Waals surface area contributed by atoms with Gasteiger partial charge in [0.2, 0.25) is 0 Å². The first kappa shape index (κ1) is 35.1. The molecule has 0 aromatic heterocycles. The zero-order valence-corrected chi connectivity index (χ0v) is 34.5. The second-order valence-corrected chi connectivity index (χ2v) is 18.9. The molecule has 0 radical (unpaired) electrons. The summed E-state index contributed by atoms with van der Waals surface area (Å²) in [6.07, 6.45) is 2.33. The van der Waals surface area contributed by atoms with Gasteiger partial charge >= 0.3 is 0 Å². The minimum Gasteiger partial charge on any atom is -0.355 e. The Morgan fingerprint density at radius 1 is 0.517 bits per heavy atom. The maximum Gasteiger partial charge on any atom is 0.198 e. The van der Waals surface area contributed by atoms with Crippen LogP contribution in [0.15, 0.2) is 152 Å².